The highest BCUT2D eigenvalue weighted by atomic mass is 16.2. The number of nitrogens with two attached hydrogens (primary N) is 1. The van der Waals surface area contributed by atoms with E-state index < -0.39 is 0 Å². The fourth-order valence-corrected chi connectivity index (χ4v) is 2.59. The Kier molecular flexibility index (Phi) is 3.48. The minimum atomic E-state index is 0.0184. The van der Waals surface area contributed by atoms with Crippen LogP contribution in [0, 0.1) is 6.92 Å². The second-order valence-corrected chi connectivity index (χ2v) is 4.92. The molecule has 17 heavy (non-hydrogen) atoms. The summed E-state index contributed by atoms with van der Waals surface area (Å²) in [5.74, 6) is 0.199. The van der Waals surface area contributed by atoms with Gasteiger partial charge in [-0.15, -0.1) is 0 Å². The van der Waals surface area contributed by atoms with Gasteiger partial charge in [-0.05, 0) is 25.3 Å². The summed E-state index contributed by atoms with van der Waals surface area (Å²) in [7, 11) is 1.86. The van der Waals surface area contributed by atoms with Crippen molar-refractivity contribution in [3.8, 4) is 0 Å². The number of amides is 1. The van der Waals surface area contributed by atoms with Gasteiger partial charge >= 0.3 is 0 Å². The van der Waals surface area contributed by atoms with Gasteiger partial charge in [-0.1, -0.05) is 29.8 Å². The Balaban J connectivity index is 2.35. The summed E-state index contributed by atoms with van der Waals surface area (Å²) in [6.45, 7) is 2.06. The van der Waals surface area contributed by atoms with E-state index in [1.54, 1.807) is 0 Å². The van der Waals surface area contributed by atoms with Crippen molar-refractivity contribution in [1.82, 2.24) is 4.90 Å². The van der Waals surface area contributed by atoms with Gasteiger partial charge in [-0.2, -0.15) is 0 Å². The molecule has 2 atom stereocenters. The van der Waals surface area contributed by atoms with Gasteiger partial charge in [0.2, 0.25) is 5.91 Å². The van der Waals surface area contributed by atoms with Crippen LogP contribution in [0.3, 0.4) is 0 Å². The van der Waals surface area contributed by atoms with E-state index in [1.165, 1.54) is 5.56 Å². The molecule has 0 radical (unpaired) electrons. The molecule has 1 aromatic carbocycles. The maximum atomic E-state index is 11.9. The predicted octanol–water partition coefficient (Wildman–Crippen LogP) is 2.01. The van der Waals surface area contributed by atoms with Crippen LogP contribution >= 0.6 is 0 Å². The molecule has 2 rings (SSSR count). The Morgan fingerprint density at radius 1 is 1.41 bits per heavy atom. The summed E-state index contributed by atoms with van der Waals surface area (Å²) >= 11 is 0. The van der Waals surface area contributed by atoms with E-state index in [9.17, 15) is 4.79 Å². The lowest BCUT2D eigenvalue weighted by atomic mass is 9.95. The number of likely N-dealkylation sites (N-methyl/N-ethyl adjacent to an activating group) is 1. The normalized spacial score (nSPS) is 25.8. The van der Waals surface area contributed by atoms with Crippen LogP contribution in [0.15, 0.2) is 24.3 Å². The second-order valence-electron chi connectivity index (χ2n) is 4.92. The Morgan fingerprint density at radius 2 is 2.18 bits per heavy atom. The molecule has 1 aliphatic heterocycles. The van der Waals surface area contributed by atoms with E-state index in [1.807, 2.05) is 18.0 Å². The molecule has 1 fully saturated rings. The first-order chi connectivity index (χ1) is 8.09. The lowest BCUT2D eigenvalue weighted by Gasteiger charge is -2.31. The molecule has 92 valence electrons. The highest BCUT2D eigenvalue weighted by molar-refractivity contribution is 5.76. The fourth-order valence-electron chi connectivity index (χ4n) is 2.59. The van der Waals surface area contributed by atoms with E-state index in [0.29, 0.717) is 6.42 Å². The second kappa shape index (κ2) is 4.88. The number of rotatable bonds is 1. The highest BCUT2D eigenvalue weighted by Gasteiger charge is 2.30. The van der Waals surface area contributed by atoms with E-state index in [2.05, 4.69) is 25.1 Å². The molecule has 0 aliphatic carbocycles. The largest absolute Gasteiger partial charge is 0.337 e. The van der Waals surface area contributed by atoms with Crippen molar-refractivity contribution in [3.63, 3.8) is 0 Å². The number of hydrogen-bond acceptors (Lipinski definition) is 2. The maximum absolute atomic E-state index is 11.9. The van der Waals surface area contributed by atoms with Gasteiger partial charge in [0, 0.05) is 19.5 Å². The van der Waals surface area contributed by atoms with Gasteiger partial charge in [0.1, 0.15) is 0 Å². The number of carbonyl (C=O) groups excluding carboxylic acids is 1. The number of aryl methyl sites for hydroxylation is 1. The highest BCUT2D eigenvalue weighted by Crippen LogP contribution is 2.29. The average molecular weight is 232 g/mol. The zero-order chi connectivity index (χ0) is 12.4. The van der Waals surface area contributed by atoms with Crippen molar-refractivity contribution in [3.05, 3.63) is 35.4 Å². The number of nitrogens with zero attached hydrogens (tertiary/aromatic N) is 1. The molecule has 1 heterocycles. The lowest BCUT2D eigenvalue weighted by molar-refractivity contribution is -0.131. The van der Waals surface area contributed by atoms with Crippen molar-refractivity contribution in [1.29, 1.82) is 0 Å². The third kappa shape index (κ3) is 2.50. The van der Waals surface area contributed by atoms with Gasteiger partial charge in [-0.25, -0.2) is 0 Å². The van der Waals surface area contributed by atoms with Crippen molar-refractivity contribution in [2.24, 2.45) is 5.73 Å². The Labute approximate surface area is 103 Å². The zero-order valence-electron chi connectivity index (χ0n) is 10.5. The molecule has 0 bridgehead atoms. The predicted molar refractivity (Wildman–Crippen MR) is 68.5 cm³/mol. The summed E-state index contributed by atoms with van der Waals surface area (Å²) in [6, 6.07) is 8.33. The summed E-state index contributed by atoms with van der Waals surface area (Å²) in [4.78, 5) is 13.7. The number of hydrogen-bond donors (Lipinski definition) is 1. The molecule has 1 amide bonds. The Hall–Kier alpha value is -1.35. The van der Waals surface area contributed by atoms with Crippen LogP contribution in [0.2, 0.25) is 0 Å². The molecule has 1 saturated heterocycles. The monoisotopic (exact) mass is 232 g/mol. The Bertz CT molecular complexity index is 416. The first-order valence-electron chi connectivity index (χ1n) is 6.17. The minimum Gasteiger partial charge on any atom is -0.337 e. The quantitative estimate of drug-likeness (QED) is 0.805. The van der Waals surface area contributed by atoms with Crippen LogP contribution in [-0.4, -0.2) is 23.9 Å². The molecule has 3 nitrogen and oxygen atoms in total. The van der Waals surface area contributed by atoms with Gasteiger partial charge < -0.3 is 10.6 Å². The molecule has 1 aliphatic rings. The SMILES string of the molecule is Cc1cccc(C2C(N)CCCC(=O)N2C)c1. The molecule has 3 heteroatoms. The number of benzene rings is 1. The summed E-state index contributed by atoms with van der Waals surface area (Å²) in [6.07, 6.45) is 2.42. The van der Waals surface area contributed by atoms with E-state index in [0.717, 1.165) is 18.4 Å². The first-order valence-corrected chi connectivity index (χ1v) is 6.17. The molecular weight excluding hydrogens is 212 g/mol. The standard InChI is InChI=1S/C14H20N2O/c1-10-5-3-6-11(9-10)14-12(15)7-4-8-13(17)16(14)2/h3,5-6,9,12,14H,4,7-8,15H2,1-2H3. The third-order valence-electron chi connectivity index (χ3n) is 3.53. The lowest BCUT2D eigenvalue weighted by Crippen LogP contribution is -2.39. The fraction of sp³-hybridized carbons (Fsp3) is 0.500. The van der Waals surface area contributed by atoms with Crippen LogP contribution in [0.25, 0.3) is 0 Å². The van der Waals surface area contributed by atoms with Crippen LogP contribution in [0.1, 0.15) is 36.4 Å². The van der Waals surface area contributed by atoms with Crippen LogP contribution in [0.5, 0.6) is 0 Å². The molecule has 0 aromatic heterocycles. The molecule has 0 spiro atoms. The van der Waals surface area contributed by atoms with E-state index in [4.69, 9.17) is 5.73 Å². The van der Waals surface area contributed by atoms with Crippen LogP contribution < -0.4 is 5.73 Å². The number of likely N-dealkylation sites (tertiary alicyclic amines) is 1. The molecule has 1 aromatic rings. The summed E-state index contributed by atoms with van der Waals surface area (Å²) in [5.41, 5.74) is 8.58. The van der Waals surface area contributed by atoms with Gasteiger partial charge in [0.25, 0.3) is 0 Å². The average Bonchev–Trinajstić information content (AvgIpc) is 2.40. The molecular formula is C14H20N2O. The van der Waals surface area contributed by atoms with Crippen molar-refractivity contribution in [2.75, 3.05) is 7.05 Å². The van der Waals surface area contributed by atoms with Crippen molar-refractivity contribution in [2.45, 2.75) is 38.3 Å². The maximum Gasteiger partial charge on any atom is 0.222 e. The molecule has 0 saturated carbocycles. The minimum absolute atomic E-state index is 0.0184. The summed E-state index contributed by atoms with van der Waals surface area (Å²) in [5, 5.41) is 0. The van der Waals surface area contributed by atoms with Crippen LogP contribution in [0.4, 0.5) is 0 Å². The van der Waals surface area contributed by atoms with Crippen molar-refractivity contribution >= 4 is 5.91 Å². The topological polar surface area (TPSA) is 46.3 Å². The van der Waals surface area contributed by atoms with Gasteiger partial charge in [-0.3, -0.25) is 4.79 Å². The van der Waals surface area contributed by atoms with E-state index >= 15 is 0 Å². The van der Waals surface area contributed by atoms with E-state index in [-0.39, 0.29) is 18.0 Å². The zero-order valence-corrected chi connectivity index (χ0v) is 10.5. The smallest absolute Gasteiger partial charge is 0.222 e. The first kappa shape index (κ1) is 12.1. The molecule has 2 N–H and O–H groups in total. The third-order valence-corrected chi connectivity index (χ3v) is 3.53. The number of carbonyl (C=O) groups is 1. The van der Waals surface area contributed by atoms with Gasteiger partial charge in [0.05, 0.1) is 6.04 Å². The van der Waals surface area contributed by atoms with Crippen molar-refractivity contribution < 1.29 is 4.79 Å². The Morgan fingerprint density at radius 3 is 2.88 bits per heavy atom. The van der Waals surface area contributed by atoms with Gasteiger partial charge in [0.15, 0.2) is 0 Å². The molecule has 2 unspecified atom stereocenters. The summed E-state index contributed by atoms with van der Waals surface area (Å²) < 4.78 is 0. The van der Waals surface area contributed by atoms with Crippen LogP contribution in [-0.2, 0) is 4.79 Å².